The van der Waals surface area contributed by atoms with Crippen LogP contribution in [-0.2, 0) is 19.8 Å². The number of aryl methyl sites for hydroxylation is 1. The third-order valence-corrected chi connectivity index (χ3v) is 3.82. The second kappa shape index (κ2) is 11.1. The molecule has 0 saturated heterocycles. The summed E-state index contributed by atoms with van der Waals surface area (Å²) >= 11 is 0. The van der Waals surface area contributed by atoms with E-state index in [4.69, 9.17) is 4.74 Å². The Morgan fingerprint density at radius 1 is 1.32 bits per heavy atom. The quantitative estimate of drug-likeness (QED) is 0.268. The lowest BCUT2D eigenvalue weighted by Crippen LogP contribution is -2.39. The Balaban J connectivity index is 0.00000392. The molecule has 2 aromatic heterocycles. The number of rotatable bonds is 7. The predicted octanol–water partition coefficient (Wildman–Crippen LogP) is 3.53. The van der Waals surface area contributed by atoms with Gasteiger partial charge in [0.05, 0.1) is 13.1 Å². The summed E-state index contributed by atoms with van der Waals surface area (Å²) in [5.41, 5.74) is 0.226. The van der Waals surface area contributed by atoms with E-state index in [0.29, 0.717) is 19.0 Å². The van der Waals surface area contributed by atoms with Gasteiger partial charge in [0.2, 0.25) is 5.88 Å². The molecule has 0 aliphatic carbocycles. The normalized spacial score (nSPS) is 11.7. The van der Waals surface area contributed by atoms with Crippen LogP contribution in [0.25, 0.3) is 0 Å². The second-order valence-corrected chi connectivity index (χ2v) is 5.90. The second-order valence-electron chi connectivity index (χ2n) is 5.90. The number of pyridine rings is 1. The van der Waals surface area contributed by atoms with Crippen LogP contribution in [0.15, 0.2) is 41.7 Å². The predicted molar refractivity (Wildman–Crippen MR) is 113 cm³/mol. The molecule has 10 heteroatoms. The molecule has 0 spiro atoms. The number of alkyl halides is 3. The van der Waals surface area contributed by atoms with Gasteiger partial charge in [-0.05, 0) is 31.2 Å². The van der Waals surface area contributed by atoms with Gasteiger partial charge in [0.25, 0.3) is 0 Å². The van der Waals surface area contributed by atoms with Crippen molar-refractivity contribution in [3.8, 4) is 5.88 Å². The molecule has 0 amide bonds. The number of guanidine groups is 1. The number of ether oxygens (including phenoxy) is 1. The lowest BCUT2D eigenvalue weighted by atomic mass is 10.2. The molecule has 0 unspecified atom stereocenters. The van der Waals surface area contributed by atoms with E-state index in [1.807, 2.05) is 48.8 Å². The van der Waals surface area contributed by atoms with Crippen LogP contribution in [0, 0.1) is 0 Å². The lowest BCUT2D eigenvalue weighted by Gasteiger charge is -2.22. The van der Waals surface area contributed by atoms with Crippen LogP contribution in [0.1, 0.15) is 18.2 Å². The van der Waals surface area contributed by atoms with Crippen LogP contribution in [0.5, 0.6) is 5.88 Å². The van der Waals surface area contributed by atoms with Crippen LogP contribution in [-0.4, -0.2) is 47.2 Å². The minimum atomic E-state index is -4.50. The largest absolute Gasteiger partial charge is 0.475 e. The van der Waals surface area contributed by atoms with E-state index < -0.39 is 17.6 Å². The van der Waals surface area contributed by atoms with Crippen molar-refractivity contribution in [3.05, 3.63) is 47.9 Å². The first-order valence-electron chi connectivity index (χ1n) is 8.57. The molecule has 0 bridgehead atoms. The lowest BCUT2D eigenvalue weighted by molar-refractivity contribution is -0.139. The first-order chi connectivity index (χ1) is 12.8. The van der Waals surface area contributed by atoms with Crippen LogP contribution < -0.4 is 10.1 Å². The summed E-state index contributed by atoms with van der Waals surface area (Å²) in [7, 11) is 3.86. The number of nitrogens with one attached hydrogen (secondary N) is 1. The smallest absolute Gasteiger partial charge is 0.421 e. The summed E-state index contributed by atoms with van der Waals surface area (Å²) < 4.78 is 46.0. The standard InChI is InChI=1S/C18H24F3N5O.HI/c1-4-22-17(26(3)13-14-7-6-11-25(14)2)24-10-12-27-16-15(18(19,20)21)8-5-9-23-16;/h5-9,11H,4,10,12-13H2,1-3H3,(H,22,24);1H. The highest BCUT2D eigenvalue weighted by atomic mass is 127. The maximum atomic E-state index is 12.9. The van der Waals surface area contributed by atoms with Crippen molar-refractivity contribution in [2.24, 2.45) is 12.0 Å². The average molecular weight is 511 g/mol. The average Bonchev–Trinajstić information content (AvgIpc) is 3.02. The van der Waals surface area contributed by atoms with Crippen LogP contribution >= 0.6 is 24.0 Å². The molecule has 0 atom stereocenters. The summed E-state index contributed by atoms with van der Waals surface area (Å²) in [4.78, 5) is 10.0. The Morgan fingerprint density at radius 3 is 2.68 bits per heavy atom. The fraction of sp³-hybridized carbons (Fsp3) is 0.444. The van der Waals surface area contributed by atoms with Crippen LogP contribution in [0.2, 0.25) is 0 Å². The number of aliphatic imine (C=N–C) groups is 1. The molecule has 2 rings (SSSR count). The van der Waals surface area contributed by atoms with Gasteiger partial charge in [-0.2, -0.15) is 13.2 Å². The van der Waals surface area contributed by atoms with E-state index in [0.717, 1.165) is 11.8 Å². The molecule has 1 N–H and O–H groups in total. The molecular formula is C18H25F3IN5O. The van der Waals surface area contributed by atoms with E-state index in [2.05, 4.69) is 15.3 Å². The van der Waals surface area contributed by atoms with Crippen molar-refractivity contribution >= 4 is 29.9 Å². The summed E-state index contributed by atoms with van der Waals surface area (Å²) in [5.74, 6) is 0.224. The molecule has 2 heterocycles. The molecule has 6 nitrogen and oxygen atoms in total. The van der Waals surface area contributed by atoms with Crippen molar-refractivity contribution in [3.63, 3.8) is 0 Å². The highest BCUT2D eigenvalue weighted by Gasteiger charge is 2.34. The van der Waals surface area contributed by atoms with Crippen molar-refractivity contribution in [1.29, 1.82) is 0 Å². The zero-order valence-electron chi connectivity index (χ0n) is 16.0. The van der Waals surface area contributed by atoms with E-state index >= 15 is 0 Å². The van der Waals surface area contributed by atoms with Gasteiger partial charge < -0.3 is 19.5 Å². The van der Waals surface area contributed by atoms with Gasteiger partial charge in [0, 0.05) is 38.7 Å². The third-order valence-electron chi connectivity index (χ3n) is 3.82. The van der Waals surface area contributed by atoms with Gasteiger partial charge in [0.1, 0.15) is 12.2 Å². The van der Waals surface area contributed by atoms with Crippen LogP contribution in [0.4, 0.5) is 13.2 Å². The number of halogens is 4. The molecule has 0 aliphatic heterocycles. The minimum Gasteiger partial charge on any atom is -0.475 e. The Bertz CT molecular complexity index is 764. The Morgan fingerprint density at radius 2 is 2.07 bits per heavy atom. The molecule has 156 valence electrons. The molecule has 28 heavy (non-hydrogen) atoms. The zero-order valence-corrected chi connectivity index (χ0v) is 18.4. The number of hydrogen-bond acceptors (Lipinski definition) is 3. The third kappa shape index (κ3) is 6.88. The molecule has 0 fully saturated rings. The summed E-state index contributed by atoms with van der Waals surface area (Å²) in [5, 5.41) is 3.16. The Labute approximate surface area is 179 Å². The van der Waals surface area contributed by atoms with Crippen molar-refractivity contribution in [2.45, 2.75) is 19.6 Å². The maximum absolute atomic E-state index is 12.9. The molecular weight excluding hydrogens is 486 g/mol. The van der Waals surface area contributed by atoms with E-state index in [1.165, 1.54) is 12.3 Å². The molecule has 0 aliphatic rings. The van der Waals surface area contributed by atoms with Crippen molar-refractivity contribution < 1.29 is 17.9 Å². The maximum Gasteiger partial charge on any atom is 0.421 e. The van der Waals surface area contributed by atoms with Crippen molar-refractivity contribution in [1.82, 2.24) is 19.8 Å². The number of hydrogen-bond donors (Lipinski definition) is 1. The monoisotopic (exact) mass is 511 g/mol. The summed E-state index contributed by atoms with van der Waals surface area (Å²) in [6.07, 6.45) is -1.27. The van der Waals surface area contributed by atoms with Gasteiger partial charge in [-0.3, -0.25) is 0 Å². The SMILES string of the molecule is CCNC(=NCCOc1ncccc1C(F)(F)F)N(C)Cc1cccn1C.I. The first kappa shape index (κ1) is 24.1. The molecule has 0 radical (unpaired) electrons. The van der Waals surface area contributed by atoms with E-state index in [-0.39, 0.29) is 37.1 Å². The number of aromatic nitrogens is 2. The number of nitrogens with zero attached hydrogens (tertiary/aromatic N) is 4. The highest BCUT2D eigenvalue weighted by Crippen LogP contribution is 2.34. The highest BCUT2D eigenvalue weighted by molar-refractivity contribution is 14.0. The van der Waals surface area contributed by atoms with Gasteiger partial charge in [-0.15, -0.1) is 24.0 Å². The van der Waals surface area contributed by atoms with Gasteiger partial charge >= 0.3 is 6.18 Å². The van der Waals surface area contributed by atoms with Gasteiger partial charge in [-0.1, -0.05) is 0 Å². The van der Waals surface area contributed by atoms with Crippen LogP contribution in [0.3, 0.4) is 0 Å². The zero-order chi connectivity index (χ0) is 19.9. The minimum absolute atomic E-state index is 0. The fourth-order valence-electron chi connectivity index (χ4n) is 2.46. The summed E-state index contributed by atoms with van der Waals surface area (Å²) in [6.45, 7) is 3.47. The first-order valence-corrected chi connectivity index (χ1v) is 8.57. The van der Waals surface area contributed by atoms with Gasteiger partial charge in [-0.25, -0.2) is 9.98 Å². The summed E-state index contributed by atoms with van der Waals surface area (Å²) in [6, 6.07) is 6.16. The van der Waals surface area contributed by atoms with E-state index in [9.17, 15) is 13.2 Å². The topological polar surface area (TPSA) is 54.7 Å². The Kier molecular flexibility index (Phi) is 9.56. The molecule has 0 saturated carbocycles. The Hall–Kier alpha value is -1.98. The van der Waals surface area contributed by atoms with Gasteiger partial charge in [0.15, 0.2) is 5.96 Å². The molecule has 0 aromatic carbocycles. The fourth-order valence-corrected chi connectivity index (χ4v) is 2.46. The van der Waals surface area contributed by atoms with Crippen molar-refractivity contribution in [2.75, 3.05) is 26.7 Å². The molecule has 2 aromatic rings. The van der Waals surface area contributed by atoms with E-state index in [1.54, 1.807) is 0 Å².